The molecule has 0 aliphatic carbocycles. The van der Waals surface area contributed by atoms with Gasteiger partial charge in [0.15, 0.2) is 6.10 Å². The normalized spacial score (nSPS) is 15.7. The molecule has 1 amide bonds. The Balaban J connectivity index is 0.00000261. The zero-order valence-corrected chi connectivity index (χ0v) is 16.7. The molecule has 1 saturated heterocycles. The van der Waals surface area contributed by atoms with Crippen LogP contribution < -0.4 is 10.5 Å². The van der Waals surface area contributed by atoms with Gasteiger partial charge in [0.2, 0.25) is 0 Å². The number of nitrogen functional groups attached to an aromatic ring is 1. The minimum absolute atomic E-state index is 0. The molecule has 0 spiro atoms. The van der Waals surface area contributed by atoms with Gasteiger partial charge < -0.3 is 15.4 Å². The third-order valence-corrected chi connectivity index (χ3v) is 4.79. The molecule has 3 rings (SSSR count). The Kier molecular flexibility index (Phi) is 7.51. The topological polar surface area (TPSA) is 58.8 Å². The van der Waals surface area contributed by atoms with E-state index in [2.05, 4.69) is 11.0 Å². The number of nitrogens with zero attached hydrogens (tertiary/aromatic N) is 2. The molecule has 6 heteroatoms. The molecule has 0 bridgehead atoms. The molecule has 0 saturated carbocycles. The SMILES string of the molecule is Cc1ccccc1OC(C)C(=O)N1CCN(Cc2cccc(N)c2)CC1.Cl. The van der Waals surface area contributed by atoms with Crippen LogP contribution in [0.2, 0.25) is 0 Å². The standard InChI is InChI=1S/C21H27N3O2.ClH/c1-16-6-3-4-9-20(16)26-17(2)21(25)24-12-10-23(11-13-24)15-18-7-5-8-19(22)14-18;/h3-9,14,17H,10-13,15,22H2,1-2H3;1H. The van der Waals surface area contributed by atoms with Crippen LogP contribution in [-0.2, 0) is 11.3 Å². The lowest BCUT2D eigenvalue weighted by Gasteiger charge is -2.36. The summed E-state index contributed by atoms with van der Waals surface area (Å²) >= 11 is 0. The van der Waals surface area contributed by atoms with E-state index in [1.165, 1.54) is 5.56 Å². The number of carbonyl (C=O) groups excluding carboxylic acids is 1. The number of aryl methyl sites for hydroxylation is 1. The Hall–Kier alpha value is -2.24. The molecule has 5 nitrogen and oxygen atoms in total. The van der Waals surface area contributed by atoms with Gasteiger partial charge in [-0.15, -0.1) is 12.4 Å². The molecule has 1 aliphatic heterocycles. The summed E-state index contributed by atoms with van der Waals surface area (Å²) in [5.74, 6) is 0.825. The monoisotopic (exact) mass is 389 g/mol. The first-order valence-corrected chi connectivity index (χ1v) is 9.11. The van der Waals surface area contributed by atoms with Crippen molar-refractivity contribution in [1.82, 2.24) is 9.80 Å². The second kappa shape index (κ2) is 9.62. The van der Waals surface area contributed by atoms with Crippen molar-refractivity contribution in [2.24, 2.45) is 0 Å². The lowest BCUT2D eigenvalue weighted by atomic mass is 10.1. The van der Waals surface area contributed by atoms with Gasteiger partial charge in [-0.2, -0.15) is 0 Å². The van der Waals surface area contributed by atoms with Crippen molar-refractivity contribution in [3.05, 3.63) is 59.7 Å². The highest BCUT2D eigenvalue weighted by molar-refractivity contribution is 5.85. The molecule has 0 radical (unpaired) electrons. The average molecular weight is 390 g/mol. The summed E-state index contributed by atoms with van der Waals surface area (Å²) in [5, 5.41) is 0. The Morgan fingerprint density at radius 3 is 2.48 bits per heavy atom. The summed E-state index contributed by atoms with van der Waals surface area (Å²) in [6, 6.07) is 15.8. The lowest BCUT2D eigenvalue weighted by Crippen LogP contribution is -2.51. The van der Waals surface area contributed by atoms with Crippen molar-refractivity contribution in [2.75, 3.05) is 31.9 Å². The zero-order chi connectivity index (χ0) is 18.5. The fourth-order valence-electron chi connectivity index (χ4n) is 3.26. The van der Waals surface area contributed by atoms with Crippen LogP contribution in [0.1, 0.15) is 18.1 Å². The number of para-hydroxylation sites is 1. The minimum atomic E-state index is -0.475. The van der Waals surface area contributed by atoms with Gasteiger partial charge in [0.05, 0.1) is 0 Å². The first-order valence-electron chi connectivity index (χ1n) is 9.11. The van der Waals surface area contributed by atoms with E-state index < -0.39 is 6.10 Å². The van der Waals surface area contributed by atoms with E-state index in [-0.39, 0.29) is 18.3 Å². The average Bonchev–Trinajstić information content (AvgIpc) is 2.64. The van der Waals surface area contributed by atoms with Crippen molar-refractivity contribution in [2.45, 2.75) is 26.5 Å². The van der Waals surface area contributed by atoms with Crippen LogP contribution in [0.5, 0.6) is 5.75 Å². The molecule has 146 valence electrons. The highest BCUT2D eigenvalue weighted by Gasteiger charge is 2.26. The summed E-state index contributed by atoms with van der Waals surface area (Å²) in [4.78, 5) is 16.9. The van der Waals surface area contributed by atoms with E-state index in [4.69, 9.17) is 10.5 Å². The largest absolute Gasteiger partial charge is 0.481 e. The molecule has 1 heterocycles. The summed E-state index contributed by atoms with van der Waals surface area (Å²) in [7, 11) is 0. The number of carbonyl (C=O) groups is 1. The van der Waals surface area contributed by atoms with Gasteiger partial charge in [0, 0.05) is 38.4 Å². The van der Waals surface area contributed by atoms with Gasteiger partial charge in [-0.1, -0.05) is 30.3 Å². The number of amides is 1. The number of nitrogens with two attached hydrogens (primary N) is 1. The first-order chi connectivity index (χ1) is 12.5. The van der Waals surface area contributed by atoms with Crippen molar-refractivity contribution in [1.29, 1.82) is 0 Å². The molecule has 2 N–H and O–H groups in total. The van der Waals surface area contributed by atoms with Gasteiger partial charge in [-0.3, -0.25) is 9.69 Å². The minimum Gasteiger partial charge on any atom is -0.481 e. The molecule has 1 fully saturated rings. The van der Waals surface area contributed by atoms with E-state index in [1.807, 2.05) is 61.2 Å². The van der Waals surface area contributed by atoms with Gasteiger partial charge in [0.1, 0.15) is 5.75 Å². The Labute approximate surface area is 167 Å². The summed E-state index contributed by atoms with van der Waals surface area (Å²) in [6.07, 6.45) is -0.475. The number of halogens is 1. The van der Waals surface area contributed by atoms with Crippen LogP contribution in [0, 0.1) is 6.92 Å². The van der Waals surface area contributed by atoms with Crippen molar-refractivity contribution >= 4 is 24.0 Å². The third-order valence-electron chi connectivity index (χ3n) is 4.79. The smallest absolute Gasteiger partial charge is 0.263 e. The quantitative estimate of drug-likeness (QED) is 0.798. The number of benzene rings is 2. The molecule has 1 unspecified atom stereocenters. The number of rotatable bonds is 5. The second-order valence-electron chi connectivity index (χ2n) is 6.87. The number of anilines is 1. The lowest BCUT2D eigenvalue weighted by molar-refractivity contribution is -0.139. The van der Waals surface area contributed by atoms with Gasteiger partial charge >= 0.3 is 0 Å². The zero-order valence-electron chi connectivity index (χ0n) is 15.9. The van der Waals surface area contributed by atoms with Crippen LogP contribution in [0.3, 0.4) is 0 Å². The fraction of sp³-hybridized carbons (Fsp3) is 0.381. The Morgan fingerprint density at radius 2 is 1.81 bits per heavy atom. The molecule has 1 atom stereocenters. The molecule has 1 aliphatic rings. The van der Waals surface area contributed by atoms with Crippen LogP contribution >= 0.6 is 12.4 Å². The molecule has 0 aromatic heterocycles. The van der Waals surface area contributed by atoms with Crippen molar-refractivity contribution in [3.8, 4) is 5.75 Å². The van der Waals surface area contributed by atoms with Crippen LogP contribution in [-0.4, -0.2) is 48.0 Å². The van der Waals surface area contributed by atoms with E-state index >= 15 is 0 Å². The van der Waals surface area contributed by atoms with E-state index in [9.17, 15) is 4.79 Å². The van der Waals surface area contributed by atoms with Gasteiger partial charge in [-0.25, -0.2) is 0 Å². The molecule has 27 heavy (non-hydrogen) atoms. The van der Waals surface area contributed by atoms with Gasteiger partial charge in [0.25, 0.3) is 5.91 Å². The maximum Gasteiger partial charge on any atom is 0.263 e. The Morgan fingerprint density at radius 1 is 1.11 bits per heavy atom. The Bertz CT molecular complexity index is 761. The van der Waals surface area contributed by atoms with Crippen LogP contribution in [0.25, 0.3) is 0 Å². The highest BCUT2D eigenvalue weighted by Crippen LogP contribution is 2.19. The number of ether oxygens (including phenoxy) is 1. The van der Waals surface area contributed by atoms with E-state index in [1.54, 1.807) is 0 Å². The predicted octanol–water partition coefficient (Wildman–Crippen LogP) is 3.11. The maximum atomic E-state index is 12.7. The van der Waals surface area contributed by atoms with Crippen molar-refractivity contribution < 1.29 is 9.53 Å². The first kappa shape index (κ1) is 21.1. The fourth-order valence-corrected chi connectivity index (χ4v) is 3.26. The highest BCUT2D eigenvalue weighted by atomic mass is 35.5. The summed E-state index contributed by atoms with van der Waals surface area (Å²) in [5.41, 5.74) is 8.89. The number of hydrogen-bond donors (Lipinski definition) is 1. The molecule has 2 aromatic rings. The van der Waals surface area contributed by atoms with Crippen LogP contribution in [0.4, 0.5) is 5.69 Å². The summed E-state index contributed by atoms with van der Waals surface area (Å²) in [6.45, 7) is 7.85. The summed E-state index contributed by atoms with van der Waals surface area (Å²) < 4.78 is 5.88. The molecular formula is C21H28ClN3O2. The molecular weight excluding hydrogens is 362 g/mol. The number of hydrogen-bond acceptors (Lipinski definition) is 4. The molecule has 2 aromatic carbocycles. The predicted molar refractivity (Wildman–Crippen MR) is 111 cm³/mol. The third kappa shape index (κ3) is 5.62. The maximum absolute atomic E-state index is 12.7. The number of piperazine rings is 1. The van der Waals surface area contributed by atoms with Crippen LogP contribution in [0.15, 0.2) is 48.5 Å². The second-order valence-corrected chi connectivity index (χ2v) is 6.87. The van der Waals surface area contributed by atoms with E-state index in [0.29, 0.717) is 0 Å². The van der Waals surface area contributed by atoms with E-state index in [0.717, 1.165) is 49.7 Å². The van der Waals surface area contributed by atoms with Crippen molar-refractivity contribution in [3.63, 3.8) is 0 Å². The van der Waals surface area contributed by atoms with Gasteiger partial charge in [-0.05, 0) is 43.2 Å².